The number of likely N-dealkylation sites (tertiary alicyclic amines) is 1. The maximum absolute atomic E-state index is 12.6. The highest BCUT2D eigenvalue weighted by Crippen LogP contribution is 2.23. The average Bonchev–Trinajstić information content (AvgIpc) is 3.15. The van der Waals surface area contributed by atoms with Gasteiger partial charge in [-0.1, -0.05) is 57.2 Å². The molecule has 1 saturated heterocycles. The van der Waals surface area contributed by atoms with E-state index in [1.54, 1.807) is 24.3 Å². The molecule has 0 unspecified atom stereocenters. The molecule has 1 aliphatic rings. The van der Waals surface area contributed by atoms with Crippen LogP contribution in [0.4, 0.5) is 0 Å². The van der Waals surface area contributed by atoms with E-state index in [2.05, 4.69) is 20.8 Å². The van der Waals surface area contributed by atoms with E-state index in [9.17, 15) is 13.2 Å². The standard InChI is InChI=1S/C23H29NO3S/c1-23(2,3)21-12-8-19(9-13-21)17-28(26,27)16-18-6-10-20(11-7-18)22(25)24-14-4-5-15-24/h6-13H,4-5,14-17H2,1-3H3. The van der Waals surface area contributed by atoms with Crippen LogP contribution in [0.2, 0.25) is 0 Å². The number of nitrogens with zero attached hydrogens (tertiary/aromatic N) is 1. The maximum atomic E-state index is 12.6. The van der Waals surface area contributed by atoms with Crippen LogP contribution in [0.15, 0.2) is 48.5 Å². The van der Waals surface area contributed by atoms with Crippen molar-refractivity contribution in [2.45, 2.75) is 50.5 Å². The lowest BCUT2D eigenvalue weighted by Crippen LogP contribution is -2.27. The normalized spacial score (nSPS) is 15.0. The van der Waals surface area contributed by atoms with Crippen molar-refractivity contribution in [2.24, 2.45) is 0 Å². The van der Waals surface area contributed by atoms with Crippen molar-refractivity contribution in [1.29, 1.82) is 0 Å². The summed E-state index contributed by atoms with van der Waals surface area (Å²) < 4.78 is 25.2. The Bertz CT molecular complexity index is 917. The van der Waals surface area contributed by atoms with E-state index in [1.165, 1.54) is 5.56 Å². The average molecular weight is 400 g/mol. The van der Waals surface area contributed by atoms with Crippen LogP contribution in [-0.4, -0.2) is 32.3 Å². The minimum absolute atomic E-state index is 0.0197. The van der Waals surface area contributed by atoms with Gasteiger partial charge in [-0.15, -0.1) is 0 Å². The quantitative estimate of drug-likeness (QED) is 0.752. The van der Waals surface area contributed by atoms with Crippen LogP contribution in [0.25, 0.3) is 0 Å². The monoisotopic (exact) mass is 399 g/mol. The van der Waals surface area contributed by atoms with Crippen LogP contribution in [0.1, 0.15) is 60.7 Å². The van der Waals surface area contributed by atoms with Crippen LogP contribution in [0, 0.1) is 0 Å². The summed E-state index contributed by atoms with van der Waals surface area (Å²) in [5, 5.41) is 0. The molecule has 0 atom stereocenters. The molecule has 2 aromatic rings. The minimum Gasteiger partial charge on any atom is -0.339 e. The predicted octanol–water partition coefficient (Wildman–Crippen LogP) is 4.34. The van der Waals surface area contributed by atoms with Crippen molar-refractivity contribution in [3.8, 4) is 0 Å². The molecular weight excluding hydrogens is 370 g/mol. The molecule has 0 saturated carbocycles. The van der Waals surface area contributed by atoms with E-state index in [1.807, 2.05) is 29.2 Å². The Labute approximate surface area is 168 Å². The molecule has 28 heavy (non-hydrogen) atoms. The lowest BCUT2D eigenvalue weighted by Gasteiger charge is -2.19. The van der Waals surface area contributed by atoms with Gasteiger partial charge in [0, 0.05) is 18.7 Å². The first kappa shape index (κ1) is 20.6. The molecule has 0 aromatic heterocycles. The first-order chi connectivity index (χ1) is 13.1. The molecular formula is C23H29NO3S. The van der Waals surface area contributed by atoms with E-state index in [0.29, 0.717) is 11.1 Å². The lowest BCUT2D eigenvalue weighted by atomic mass is 9.87. The van der Waals surface area contributed by atoms with Gasteiger partial charge in [-0.3, -0.25) is 4.79 Å². The largest absolute Gasteiger partial charge is 0.339 e. The second-order valence-electron chi connectivity index (χ2n) is 8.68. The van der Waals surface area contributed by atoms with Crippen LogP contribution >= 0.6 is 0 Å². The molecule has 1 amide bonds. The van der Waals surface area contributed by atoms with E-state index >= 15 is 0 Å². The number of hydrogen-bond acceptors (Lipinski definition) is 3. The van der Waals surface area contributed by atoms with Gasteiger partial charge >= 0.3 is 0 Å². The second-order valence-corrected chi connectivity index (χ2v) is 10.7. The smallest absolute Gasteiger partial charge is 0.253 e. The minimum atomic E-state index is -3.28. The highest BCUT2D eigenvalue weighted by molar-refractivity contribution is 7.89. The topological polar surface area (TPSA) is 54.5 Å². The first-order valence-corrected chi connectivity index (χ1v) is 11.6. The molecule has 150 valence electrons. The van der Waals surface area contributed by atoms with Crippen LogP contribution in [0.3, 0.4) is 0 Å². The van der Waals surface area contributed by atoms with Crippen molar-refractivity contribution in [3.63, 3.8) is 0 Å². The molecule has 1 heterocycles. The zero-order valence-corrected chi connectivity index (χ0v) is 17.8. The Balaban J connectivity index is 1.64. The summed E-state index contributed by atoms with van der Waals surface area (Å²) >= 11 is 0. The van der Waals surface area contributed by atoms with Crippen LogP contribution in [0.5, 0.6) is 0 Å². The Hall–Kier alpha value is -2.14. The number of sulfone groups is 1. The lowest BCUT2D eigenvalue weighted by molar-refractivity contribution is 0.0793. The van der Waals surface area contributed by atoms with Gasteiger partial charge in [0.05, 0.1) is 11.5 Å². The molecule has 1 fully saturated rings. The Morgan fingerprint density at radius 2 is 1.32 bits per heavy atom. The Morgan fingerprint density at radius 3 is 1.79 bits per heavy atom. The van der Waals surface area contributed by atoms with Crippen molar-refractivity contribution >= 4 is 15.7 Å². The molecule has 4 nitrogen and oxygen atoms in total. The van der Waals surface area contributed by atoms with Crippen molar-refractivity contribution in [3.05, 3.63) is 70.8 Å². The second kappa shape index (κ2) is 8.08. The molecule has 3 rings (SSSR count). The summed E-state index contributed by atoms with van der Waals surface area (Å²) in [6, 6.07) is 14.8. The van der Waals surface area contributed by atoms with Gasteiger partial charge in [-0.05, 0) is 47.1 Å². The summed E-state index contributed by atoms with van der Waals surface area (Å²) in [5.41, 5.74) is 3.37. The van der Waals surface area contributed by atoms with Gasteiger partial charge in [0.2, 0.25) is 0 Å². The number of amides is 1. The number of hydrogen-bond donors (Lipinski definition) is 0. The fraction of sp³-hybridized carbons (Fsp3) is 0.435. The summed E-state index contributed by atoms with van der Waals surface area (Å²) in [6.45, 7) is 8.02. The summed E-state index contributed by atoms with van der Waals surface area (Å²) in [5.74, 6) is 0.0313. The first-order valence-electron chi connectivity index (χ1n) is 9.82. The Kier molecular flexibility index (Phi) is 5.94. The van der Waals surface area contributed by atoms with E-state index in [-0.39, 0.29) is 22.8 Å². The third-order valence-corrected chi connectivity index (χ3v) is 6.73. The zero-order chi connectivity index (χ0) is 20.4. The molecule has 1 aliphatic heterocycles. The van der Waals surface area contributed by atoms with Gasteiger partial charge in [-0.25, -0.2) is 8.42 Å². The Morgan fingerprint density at radius 1 is 0.857 bits per heavy atom. The van der Waals surface area contributed by atoms with E-state index in [0.717, 1.165) is 31.5 Å². The van der Waals surface area contributed by atoms with Gasteiger partial charge in [0.1, 0.15) is 0 Å². The summed E-state index contributed by atoms with van der Waals surface area (Å²) in [7, 11) is -3.28. The molecule has 2 aromatic carbocycles. The summed E-state index contributed by atoms with van der Waals surface area (Å²) in [4.78, 5) is 14.2. The van der Waals surface area contributed by atoms with E-state index in [4.69, 9.17) is 0 Å². The fourth-order valence-electron chi connectivity index (χ4n) is 3.51. The van der Waals surface area contributed by atoms with Crippen molar-refractivity contribution < 1.29 is 13.2 Å². The number of rotatable bonds is 5. The van der Waals surface area contributed by atoms with Crippen LogP contribution in [-0.2, 0) is 26.8 Å². The number of carbonyl (C=O) groups excluding carboxylic acids is 1. The molecule has 0 radical (unpaired) electrons. The molecule has 0 bridgehead atoms. The van der Waals surface area contributed by atoms with Crippen molar-refractivity contribution in [1.82, 2.24) is 4.90 Å². The molecule has 0 aliphatic carbocycles. The number of benzene rings is 2. The highest BCUT2D eigenvalue weighted by atomic mass is 32.2. The fourth-order valence-corrected chi connectivity index (χ4v) is 5.01. The molecule has 0 N–H and O–H groups in total. The molecule has 0 spiro atoms. The van der Waals surface area contributed by atoms with E-state index < -0.39 is 9.84 Å². The third-order valence-electron chi connectivity index (χ3n) is 5.19. The highest BCUT2D eigenvalue weighted by Gasteiger charge is 2.20. The maximum Gasteiger partial charge on any atom is 0.253 e. The van der Waals surface area contributed by atoms with Crippen molar-refractivity contribution in [2.75, 3.05) is 13.1 Å². The number of carbonyl (C=O) groups is 1. The van der Waals surface area contributed by atoms with Gasteiger partial charge < -0.3 is 4.90 Å². The van der Waals surface area contributed by atoms with Crippen LogP contribution < -0.4 is 0 Å². The van der Waals surface area contributed by atoms with Gasteiger partial charge in [-0.2, -0.15) is 0 Å². The zero-order valence-electron chi connectivity index (χ0n) is 16.9. The van der Waals surface area contributed by atoms with Gasteiger partial charge in [0.25, 0.3) is 5.91 Å². The van der Waals surface area contributed by atoms with Gasteiger partial charge in [0.15, 0.2) is 9.84 Å². The third kappa shape index (κ3) is 5.22. The SMILES string of the molecule is CC(C)(C)c1ccc(CS(=O)(=O)Cc2ccc(C(=O)N3CCCC3)cc2)cc1. The summed E-state index contributed by atoms with van der Waals surface area (Å²) in [6.07, 6.45) is 2.11. The predicted molar refractivity (Wildman–Crippen MR) is 113 cm³/mol. The molecule has 5 heteroatoms.